The number of likely N-dealkylation sites (tertiary alicyclic amines) is 1. The van der Waals surface area contributed by atoms with E-state index in [0.717, 1.165) is 76.8 Å². The third kappa shape index (κ3) is 4.60. The first-order valence-electron chi connectivity index (χ1n) is 12.2. The normalized spacial score (nSPS) is 25.8. The molecule has 0 unspecified atom stereocenters. The lowest BCUT2D eigenvalue weighted by atomic mass is 9.78. The first-order valence-corrected chi connectivity index (χ1v) is 12.2. The van der Waals surface area contributed by atoms with Crippen LogP contribution >= 0.6 is 0 Å². The first kappa shape index (κ1) is 21.6. The molecule has 5 nitrogen and oxygen atoms in total. The standard InChI is InChI=1S/C27H34N2O3/c30-25(22-4-2-1-3-5-22)23-8-6-20(17-23)16-21-7-9-24(28-18-21)26(31)29-13-10-27(11-14-29)12-15-32-19-27/h1-5,7,9,18,20,23,25,30H,6,8,10-17,19H2/t20-,23-,25+/m0/s1. The Labute approximate surface area is 190 Å². The molecule has 3 heterocycles. The Morgan fingerprint density at radius 2 is 1.94 bits per heavy atom. The Morgan fingerprint density at radius 1 is 1.12 bits per heavy atom. The number of amides is 1. The number of hydrogen-bond donors (Lipinski definition) is 1. The van der Waals surface area contributed by atoms with Gasteiger partial charge in [0.1, 0.15) is 5.69 Å². The molecule has 1 aliphatic carbocycles. The van der Waals surface area contributed by atoms with E-state index < -0.39 is 0 Å². The summed E-state index contributed by atoms with van der Waals surface area (Å²) in [5, 5.41) is 10.7. The van der Waals surface area contributed by atoms with E-state index in [1.54, 1.807) is 0 Å². The molecule has 1 saturated carbocycles. The minimum absolute atomic E-state index is 0.0530. The van der Waals surface area contributed by atoms with Crippen LogP contribution in [0.25, 0.3) is 0 Å². The molecule has 1 N–H and O–H groups in total. The van der Waals surface area contributed by atoms with Gasteiger partial charge in [-0.2, -0.15) is 0 Å². The Balaban J connectivity index is 1.13. The maximum atomic E-state index is 12.9. The van der Waals surface area contributed by atoms with E-state index in [0.29, 0.717) is 22.9 Å². The highest BCUT2D eigenvalue weighted by atomic mass is 16.5. The Hall–Kier alpha value is -2.24. The average molecular weight is 435 g/mol. The second kappa shape index (κ2) is 9.32. The lowest BCUT2D eigenvalue weighted by Gasteiger charge is -2.38. The Morgan fingerprint density at radius 3 is 2.62 bits per heavy atom. The van der Waals surface area contributed by atoms with Crippen molar-refractivity contribution in [2.24, 2.45) is 17.3 Å². The van der Waals surface area contributed by atoms with Crippen molar-refractivity contribution in [1.29, 1.82) is 0 Å². The number of carbonyl (C=O) groups is 1. The number of aliphatic hydroxyl groups excluding tert-OH is 1. The molecule has 1 aromatic heterocycles. The van der Waals surface area contributed by atoms with Gasteiger partial charge in [0.25, 0.3) is 5.91 Å². The highest BCUT2D eigenvalue weighted by Crippen LogP contribution is 2.41. The maximum absolute atomic E-state index is 12.9. The van der Waals surface area contributed by atoms with Crippen LogP contribution in [0.4, 0.5) is 0 Å². The van der Waals surface area contributed by atoms with Crippen molar-refractivity contribution >= 4 is 5.91 Å². The van der Waals surface area contributed by atoms with E-state index in [1.807, 2.05) is 47.5 Å². The second-order valence-corrected chi connectivity index (χ2v) is 10.1. The quantitative estimate of drug-likeness (QED) is 0.757. The molecule has 0 bridgehead atoms. The number of ether oxygens (including phenoxy) is 1. The fourth-order valence-electron chi connectivity index (χ4n) is 5.90. The summed E-state index contributed by atoms with van der Waals surface area (Å²) in [5.41, 5.74) is 3.06. The minimum atomic E-state index is -0.376. The predicted molar refractivity (Wildman–Crippen MR) is 123 cm³/mol. The van der Waals surface area contributed by atoms with Crippen LogP contribution in [0.2, 0.25) is 0 Å². The zero-order valence-corrected chi connectivity index (χ0v) is 18.8. The molecule has 3 aliphatic rings. The van der Waals surface area contributed by atoms with Gasteiger partial charge in [-0.15, -0.1) is 0 Å². The average Bonchev–Trinajstić information content (AvgIpc) is 3.50. The van der Waals surface area contributed by atoms with Crippen LogP contribution in [-0.2, 0) is 11.2 Å². The summed E-state index contributed by atoms with van der Waals surface area (Å²) in [7, 11) is 0. The molecule has 1 spiro atoms. The lowest BCUT2D eigenvalue weighted by Crippen LogP contribution is -2.43. The molecular weight excluding hydrogens is 400 g/mol. The van der Waals surface area contributed by atoms with Crippen LogP contribution in [0, 0.1) is 17.3 Å². The van der Waals surface area contributed by atoms with Crippen LogP contribution in [0.3, 0.4) is 0 Å². The predicted octanol–water partition coefficient (Wildman–Crippen LogP) is 4.42. The number of benzene rings is 1. The van der Waals surface area contributed by atoms with Gasteiger partial charge in [-0.1, -0.05) is 36.4 Å². The molecule has 170 valence electrons. The fourth-order valence-corrected chi connectivity index (χ4v) is 5.90. The third-order valence-electron chi connectivity index (χ3n) is 8.03. The van der Waals surface area contributed by atoms with Gasteiger partial charge in [-0.3, -0.25) is 9.78 Å². The van der Waals surface area contributed by atoms with Crippen LogP contribution in [0.15, 0.2) is 48.7 Å². The fraction of sp³-hybridized carbons (Fsp3) is 0.556. The highest BCUT2D eigenvalue weighted by Gasteiger charge is 2.39. The van der Waals surface area contributed by atoms with E-state index in [2.05, 4.69) is 11.1 Å². The number of aliphatic hydroxyl groups is 1. The van der Waals surface area contributed by atoms with Crippen molar-refractivity contribution < 1.29 is 14.6 Å². The number of rotatable bonds is 5. The number of aromatic nitrogens is 1. The lowest BCUT2D eigenvalue weighted by molar-refractivity contribution is 0.0527. The van der Waals surface area contributed by atoms with Gasteiger partial charge < -0.3 is 14.7 Å². The van der Waals surface area contributed by atoms with Gasteiger partial charge >= 0.3 is 0 Å². The molecule has 2 aliphatic heterocycles. The summed E-state index contributed by atoms with van der Waals surface area (Å²) in [4.78, 5) is 19.4. The van der Waals surface area contributed by atoms with E-state index in [1.165, 1.54) is 5.56 Å². The third-order valence-corrected chi connectivity index (χ3v) is 8.03. The molecule has 1 aromatic carbocycles. The van der Waals surface area contributed by atoms with Crippen molar-refractivity contribution in [2.45, 2.75) is 51.0 Å². The van der Waals surface area contributed by atoms with Crippen molar-refractivity contribution in [2.75, 3.05) is 26.3 Å². The van der Waals surface area contributed by atoms with Gasteiger partial charge in [0.2, 0.25) is 0 Å². The number of carbonyl (C=O) groups excluding carboxylic acids is 1. The molecular formula is C27H34N2O3. The van der Waals surface area contributed by atoms with Gasteiger partial charge in [-0.05, 0) is 79.4 Å². The Bertz CT molecular complexity index is 898. The highest BCUT2D eigenvalue weighted by molar-refractivity contribution is 5.92. The molecule has 3 atom stereocenters. The van der Waals surface area contributed by atoms with E-state index in [4.69, 9.17) is 4.74 Å². The summed E-state index contributed by atoms with van der Waals surface area (Å²) >= 11 is 0. The molecule has 3 fully saturated rings. The molecule has 5 heteroatoms. The van der Waals surface area contributed by atoms with E-state index >= 15 is 0 Å². The summed E-state index contributed by atoms with van der Waals surface area (Å²) < 4.78 is 5.60. The molecule has 1 amide bonds. The topological polar surface area (TPSA) is 62.7 Å². The van der Waals surface area contributed by atoms with Crippen molar-refractivity contribution in [3.8, 4) is 0 Å². The van der Waals surface area contributed by atoms with E-state index in [9.17, 15) is 9.90 Å². The number of pyridine rings is 1. The van der Waals surface area contributed by atoms with E-state index in [-0.39, 0.29) is 12.0 Å². The van der Waals surface area contributed by atoms with Crippen molar-refractivity contribution in [3.63, 3.8) is 0 Å². The number of piperidine rings is 1. The minimum Gasteiger partial charge on any atom is -0.388 e. The van der Waals surface area contributed by atoms with Gasteiger partial charge in [0.15, 0.2) is 0 Å². The van der Waals surface area contributed by atoms with Crippen LogP contribution in [0.1, 0.15) is 66.2 Å². The van der Waals surface area contributed by atoms with Gasteiger partial charge in [-0.25, -0.2) is 0 Å². The first-order chi connectivity index (χ1) is 15.6. The largest absolute Gasteiger partial charge is 0.388 e. The zero-order valence-electron chi connectivity index (χ0n) is 18.8. The maximum Gasteiger partial charge on any atom is 0.272 e. The SMILES string of the molecule is O=C(c1ccc(C[C@@H]2CC[C@H]([C@H](O)c3ccccc3)C2)cn1)N1CCC2(CCOC2)CC1. The molecule has 2 aromatic rings. The number of nitrogens with zero attached hydrogens (tertiary/aromatic N) is 2. The van der Waals surface area contributed by atoms with Crippen LogP contribution in [0.5, 0.6) is 0 Å². The summed E-state index contributed by atoms with van der Waals surface area (Å²) in [6, 6.07) is 14.0. The van der Waals surface area contributed by atoms with Gasteiger partial charge in [0.05, 0.1) is 12.7 Å². The monoisotopic (exact) mass is 434 g/mol. The molecule has 5 rings (SSSR count). The second-order valence-electron chi connectivity index (χ2n) is 10.1. The summed E-state index contributed by atoms with van der Waals surface area (Å²) in [6.07, 6.45) is 8.90. The van der Waals surface area contributed by atoms with Crippen molar-refractivity contribution in [3.05, 3.63) is 65.5 Å². The Kier molecular flexibility index (Phi) is 6.29. The summed E-state index contributed by atoms with van der Waals surface area (Å²) in [5.74, 6) is 0.940. The number of hydrogen-bond acceptors (Lipinski definition) is 4. The van der Waals surface area contributed by atoms with Crippen LogP contribution in [-0.4, -0.2) is 47.2 Å². The van der Waals surface area contributed by atoms with Crippen molar-refractivity contribution in [1.82, 2.24) is 9.88 Å². The van der Waals surface area contributed by atoms with Gasteiger partial charge in [0, 0.05) is 25.9 Å². The molecule has 32 heavy (non-hydrogen) atoms. The smallest absolute Gasteiger partial charge is 0.272 e. The zero-order chi connectivity index (χ0) is 22.0. The molecule has 2 saturated heterocycles. The summed E-state index contributed by atoms with van der Waals surface area (Å²) in [6.45, 7) is 3.33. The van der Waals surface area contributed by atoms with Crippen LogP contribution < -0.4 is 0 Å². The molecule has 0 radical (unpaired) electrons.